The van der Waals surface area contributed by atoms with Gasteiger partial charge in [0.05, 0.1) is 0 Å². The van der Waals surface area contributed by atoms with Crippen LogP contribution in [0.5, 0.6) is 0 Å². The Balaban J connectivity index is 1.90. The van der Waals surface area contributed by atoms with Crippen LogP contribution in [0, 0.1) is 11.8 Å². The molecule has 1 aliphatic carbocycles. The molecule has 2 aliphatic rings. The summed E-state index contributed by atoms with van der Waals surface area (Å²) in [5, 5.41) is 9.21. The minimum atomic E-state index is -1.01. The first-order valence-electron chi connectivity index (χ1n) is 7.67. The zero-order chi connectivity index (χ0) is 14.0. The Morgan fingerprint density at radius 3 is 2.79 bits per heavy atom. The maximum Gasteiger partial charge on any atom is 0.325 e. The summed E-state index contributed by atoms with van der Waals surface area (Å²) in [5.74, 6) is 0.732. The highest BCUT2D eigenvalue weighted by Crippen LogP contribution is 2.34. The van der Waals surface area contributed by atoms with Crippen LogP contribution >= 0.6 is 0 Å². The summed E-state index contributed by atoms with van der Waals surface area (Å²) in [6, 6.07) is 0.558. The van der Waals surface area contributed by atoms with Gasteiger partial charge in [-0.05, 0) is 37.5 Å². The summed E-state index contributed by atoms with van der Waals surface area (Å²) < 4.78 is 0. The van der Waals surface area contributed by atoms with E-state index in [0.717, 1.165) is 18.4 Å². The Labute approximate surface area is 116 Å². The third-order valence-electron chi connectivity index (χ3n) is 4.83. The zero-order valence-electron chi connectivity index (χ0n) is 12.3. The summed E-state index contributed by atoms with van der Waals surface area (Å²) >= 11 is 0. The molecule has 4 nitrogen and oxygen atoms in total. The maximum absolute atomic E-state index is 11.2. The molecule has 2 fully saturated rings. The molecule has 0 aromatic heterocycles. The van der Waals surface area contributed by atoms with E-state index in [9.17, 15) is 9.90 Å². The van der Waals surface area contributed by atoms with Gasteiger partial charge in [-0.15, -0.1) is 0 Å². The Morgan fingerprint density at radius 2 is 2.21 bits per heavy atom. The monoisotopic (exact) mass is 268 g/mol. The van der Waals surface area contributed by atoms with Crippen LogP contribution in [0.15, 0.2) is 0 Å². The molecule has 2 rings (SSSR count). The molecule has 1 saturated heterocycles. The first-order valence-corrected chi connectivity index (χ1v) is 7.67. The molecule has 3 N–H and O–H groups in total. The molecule has 3 unspecified atom stereocenters. The van der Waals surface area contributed by atoms with Crippen LogP contribution in [0.4, 0.5) is 0 Å². The van der Waals surface area contributed by atoms with Gasteiger partial charge in [0.15, 0.2) is 0 Å². The van der Waals surface area contributed by atoms with Gasteiger partial charge in [-0.25, -0.2) is 0 Å². The van der Waals surface area contributed by atoms with Crippen LogP contribution in [-0.4, -0.2) is 40.6 Å². The number of aliphatic carboxylic acids is 1. The topological polar surface area (TPSA) is 66.6 Å². The van der Waals surface area contributed by atoms with Crippen LogP contribution in [0.2, 0.25) is 0 Å². The number of likely N-dealkylation sites (tertiary alicyclic amines) is 1. The lowest BCUT2D eigenvalue weighted by Crippen LogP contribution is -2.51. The molecule has 1 saturated carbocycles. The quantitative estimate of drug-likeness (QED) is 0.819. The number of nitrogens with two attached hydrogens (primary N) is 1. The lowest BCUT2D eigenvalue weighted by molar-refractivity contribution is -0.142. The molecule has 0 spiro atoms. The van der Waals surface area contributed by atoms with Gasteiger partial charge in [0.1, 0.15) is 5.54 Å². The molecule has 0 aromatic carbocycles. The Kier molecular flexibility index (Phi) is 4.51. The molecular formula is C15H28N2O2. The molecule has 3 atom stereocenters. The summed E-state index contributed by atoms with van der Waals surface area (Å²) in [6.45, 7) is 5.95. The van der Waals surface area contributed by atoms with Crippen molar-refractivity contribution in [2.24, 2.45) is 17.6 Å². The van der Waals surface area contributed by atoms with E-state index in [-0.39, 0.29) is 0 Å². The van der Waals surface area contributed by atoms with Crippen molar-refractivity contribution in [3.63, 3.8) is 0 Å². The minimum absolute atomic E-state index is 0.529. The second kappa shape index (κ2) is 5.80. The van der Waals surface area contributed by atoms with Crippen molar-refractivity contribution in [3.05, 3.63) is 0 Å². The van der Waals surface area contributed by atoms with Crippen molar-refractivity contribution in [3.8, 4) is 0 Å². The molecule has 0 radical (unpaired) electrons. The van der Waals surface area contributed by atoms with E-state index in [1.54, 1.807) is 0 Å². The van der Waals surface area contributed by atoms with E-state index in [1.807, 2.05) is 0 Å². The van der Waals surface area contributed by atoms with Gasteiger partial charge in [-0.1, -0.05) is 26.7 Å². The average Bonchev–Trinajstić information content (AvgIpc) is 2.73. The normalized spacial score (nSPS) is 36.8. The largest absolute Gasteiger partial charge is 0.480 e. The molecule has 4 heteroatoms. The Morgan fingerprint density at radius 1 is 1.47 bits per heavy atom. The molecule has 1 aliphatic heterocycles. The van der Waals surface area contributed by atoms with Gasteiger partial charge in [0.2, 0.25) is 0 Å². The van der Waals surface area contributed by atoms with Crippen LogP contribution in [-0.2, 0) is 4.79 Å². The summed E-state index contributed by atoms with van der Waals surface area (Å²) in [4.78, 5) is 13.5. The van der Waals surface area contributed by atoms with E-state index >= 15 is 0 Å². The van der Waals surface area contributed by atoms with E-state index in [4.69, 9.17) is 5.73 Å². The van der Waals surface area contributed by atoms with Crippen molar-refractivity contribution < 1.29 is 9.90 Å². The fraction of sp³-hybridized carbons (Fsp3) is 0.933. The highest BCUT2D eigenvalue weighted by Gasteiger charge is 2.43. The molecule has 110 valence electrons. The van der Waals surface area contributed by atoms with Crippen LogP contribution < -0.4 is 5.73 Å². The summed E-state index contributed by atoms with van der Waals surface area (Å²) in [6.07, 6.45) is 6.96. The zero-order valence-corrected chi connectivity index (χ0v) is 12.3. The standard InChI is InChI=1S/C15H28N2O2/c1-11(2)8-12-4-3-5-13(9-12)17-7-6-15(16,10-17)14(18)19/h11-13H,3-10,16H2,1-2H3,(H,18,19). The van der Waals surface area contributed by atoms with Crippen molar-refractivity contribution in [1.29, 1.82) is 0 Å². The second-order valence-electron chi connectivity index (χ2n) is 7.00. The van der Waals surface area contributed by atoms with Crippen LogP contribution in [0.1, 0.15) is 52.4 Å². The fourth-order valence-corrected chi connectivity index (χ4v) is 3.82. The van der Waals surface area contributed by atoms with Gasteiger partial charge in [0.25, 0.3) is 0 Å². The first-order chi connectivity index (χ1) is 8.90. The average molecular weight is 268 g/mol. The van der Waals surface area contributed by atoms with E-state index < -0.39 is 11.5 Å². The van der Waals surface area contributed by atoms with Crippen LogP contribution in [0.3, 0.4) is 0 Å². The van der Waals surface area contributed by atoms with Crippen molar-refractivity contribution in [2.75, 3.05) is 13.1 Å². The molecule has 19 heavy (non-hydrogen) atoms. The van der Waals surface area contributed by atoms with E-state index in [2.05, 4.69) is 18.7 Å². The van der Waals surface area contributed by atoms with E-state index in [1.165, 1.54) is 32.1 Å². The van der Waals surface area contributed by atoms with Gasteiger partial charge >= 0.3 is 5.97 Å². The number of carboxylic acid groups (broad SMARTS) is 1. The van der Waals surface area contributed by atoms with Gasteiger partial charge in [-0.3, -0.25) is 9.69 Å². The number of hydrogen-bond donors (Lipinski definition) is 2. The smallest absolute Gasteiger partial charge is 0.325 e. The second-order valence-corrected chi connectivity index (χ2v) is 7.00. The molecular weight excluding hydrogens is 240 g/mol. The van der Waals surface area contributed by atoms with E-state index in [0.29, 0.717) is 19.0 Å². The summed E-state index contributed by atoms with van der Waals surface area (Å²) in [5.41, 5.74) is 4.96. The molecule has 0 amide bonds. The fourth-order valence-electron chi connectivity index (χ4n) is 3.82. The number of carbonyl (C=O) groups is 1. The van der Waals surface area contributed by atoms with Gasteiger partial charge < -0.3 is 10.8 Å². The lowest BCUT2D eigenvalue weighted by Gasteiger charge is -2.36. The number of nitrogens with zero attached hydrogens (tertiary/aromatic N) is 1. The number of carboxylic acids is 1. The lowest BCUT2D eigenvalue weighted by atomic mass is 9.80. The number of rotatable bonds is 4. The first kappa shape index (κ1) is 14.8. The van der Waals surface area contributed by atoms with Crippen LogP contribution in [0.25, 0.3) is 0 Å². The summed E-state index contributed by atoms with van der Waals surface area (Å²) in [7, 11) is 0. The Bertz CT molecular complexity index is 332. The molecule has 1 heterocycles. The molecule has 0 aromatic rings. The highest BCUT2D eigenvalue weighted by molar-refractivity contribution is 5.79. The van der Waals surface area contributed by atoms with Crippen molar-refractivity contribution in [1.82, 2.24) is 4.90 Å². The van der Waals surface area contributed by atoms with Crippen molar-refractivity contribution >= 4 is 5.97 Å². The minimum Gasteiger partial charge on any atom is -0.480 e. The highest BCUT2D eigenvalue weighted by atomic mass is 16.4. The number of hydrogen-bond acceptors (Lipinski definition) is 3. The SMILES string of the molecule is CC(C)CC1CCCC(N2CCC(N)(C(=O)O)C2)C1. The third-order valence-corrected chi connectivity index (χ3v) is 4.83. The Hall–Kier alpha value is -0.610. The predicted octanol–water partition coefficient (Wildman–Crippen LogP) is 2.08. The van der Waals surface area contributed by atoms with Gasteiger partial charge in [-0.2, -0.15) is 0 Å². The molecule has 0 bridgehead atoms. The third kappa shape index (κ3) is 3.48. The predicted molar refractivity (Wildman–Crippen MR) is 75.9 cm³/mol. The van der Waals surface area contributed by atoms with Gasteiger partial charge in [0, 0.05) is 19.1 Å². The maximum atomic E-state index is 11.2. The van der Waals surface area contributed by atoms with Crippen molar-refractivity contribution in [2.45, 2.75) is 64.0 Å².